The molecule has 0 saturated carbocycles. The molecule has 3 aromatic carbocycles. The third-order valence-corrected chi connectivity index (χ3v) is 7.52. The summed E-state index contributed by atoms with van der Waals surface area (Å²) in [6.07, 6.45) is 1.67. The second-order valence-corrected chi connectivity index (χ2v) is 9.59. The summed E-state index contributed by atoms with van der Waals surface area (Å²) in [5.74, 6) is 0.106. The molecule has 0 spiro atoms. The van der Waals surface area contributed by atoms with Gasteiger partial charge in [-0.2, -0.15) is 0 Å². The van der Waals surface area contributed by atoms with Crippen molar-refractivity contribution in [2.45, 2.75) is 13.5 Å². The Kier molecular flexibility index (Phi) is 5.65. The molecule has 1 amide bonds. The number of amides is 1. The Morgan fingerprint density at radius 2 is 1.86 bits per heavy atom. The number of hydrogen-bond acceptors (Lipinski definition) is 7. The summed E-state index contributed by atoms with van der Waals surface area (Å²) in [6, 6.07) is 22.4. The molecule has 0 saturated heterocycles. The predicted molar refractivity (Wildman–Crippen MR) is 146 cm³/mol. The molecule has 0 bridgehead atoms. The molecule has 0 N–H and O–H groups in total. The van der Waals surface area contributed by atoms with Crippen LogP contribution in [-0.4, -0.2) is 23.0 Å². The number of ether oxygens (including phenoxy) is 1. The molecule has 0 aliphatic rings. The van der Waals surface area contributed by atoms with E-state index in [1.54, 1.807) is 25.4 Å². The second kappa shape index (κ2) is 9.15. The number of aryl methyl sites for hydroxylation is 1. The number of methoxy groups -OCH3 is 1. The average Bonchev–Trinajstić information content (AvgIpc) is 3.38. The van der Waals surface area contributed by atoms with Crippen LogP contribution in [0.15, 0.2) is 88.2 Å². The molecule has 3 heterocycles. The Balaban J connectivity index is 1.54. The molecule has 37 heavy (non-hydrogen) atoms. The zero-order valence-electron chi connectivity index (χ0n) is 20.1. The molecule has 0 fully saturated rings. The summed E-state index contributed by atoms with van der Waals surface area (Å²) < 4.78 is 12.0. The monoisotopic (exact) mass is 507 g/mol. The largest absolute Gasteiger partial charge is 0.494 e. The summed E-state index contributed by atoms with van der Waals surface area (Å²) >= 11 is 1.37. The molecule has 0 aliphatic heterocycles. The van der Waals surface area contributed by atoms with Gasteiger partial charge in [0.05, 0.1) is 24.0 Å². The predicted octanol–water partition coefficient (Wildman–Crippen LogP) is 6.11. The molecular weight excluding hydrogens is 486 g/mol. The molecule has 182 valence electrons. The van der Waals surface area contributed by atoms with E-state index in [-0.39, 0.29) is 12.1 Å². The number of aromatic nitrogens is 2. The van der Waals surface area contributed by atoms with Gasteiger partial charge < -0.3 is 9.15 Å². The normalized spacial score (nSPS) is 11.3. The standard InChI is InChI=1S/C29H21N3O4S/c1-17-10-12-24(35-2)25-26(17)37-29(31-25)32(16-19-8-5-6-14-30-19)27(33)22-15-21-20-9-4-3-7-18(20)11-13-23(21)36-28(22)34/h3-15H,16H2,1-2H3. The number of rotatable bonds is 5. The van der Waals surface area contributed by atoms with Crippen LogP contribution >= 0.6 is 11.3 Å². The van der Waals surface area contributed by atoms with Crippen LogP contribution in [0.3, 0.4) is 0 Å². The Hall–Kier alpha value is -4.56. The van der Waals surface area contributed by atoms with Crippen molar-refractivity contribution in [3.05, 3.63) is 106 Å². The van der Waals surface area contributed by atoms with Gasteiger partial charge in [-0.1, -0.05) is 53.8 Å². The van der Waals surface area contributed by atoms with Gasteiger partial charge in [0, 0.05) is 11.6 Å². The number of anilines is 1. The Labute approximate surface area is 215 Å². The number of pyridine rings is 1. The number of nitrogens with zero attached hydrogens (tertiary/aromatic N) is 3. The smallest absolute Gasteiger partial charge is 0.349 e. The van der Waals surface area contributed by atoms with Crippen molar-refractivity contribution in [1.82, 2.24) is 9.97 Å². The third-order valence-electron chi connectivity index (χ3n) is 6.31. The van der Waals surface area contributed by atoms with Gasteiger partial charge in [-0.15, -0.1) is 0 Å². The molecule has 3 aromatic heterocycles. The first-order valence-electron chi connectivity index (χ1n) is 11.6. The summed E-state index contributed by atoms with van der Waals surface area (Å²) in [5.41, 5.74) is 2.00. The molecule has 7 nitrogen and oxygen atoms in total. The molecule has 0 aliphatic carbocycles. The van der Waals surface area contributed by atoms with E-state index in [4.69, 9.17) is 14.1 Å². The zero-order chi connectivity index (χ0) is 25.5. The van der Waals surface area contributed by atoms with E-state index in [9.17, 15) is 9.59 Å². The zero-order valence-corrected chi connectivity index (χ0v) is 20.9. The van der Waals surface area contributed by atoms with Crippen molar-refractivity contribution < 1.29 is 13.9 Å². The van der Waals surface area contributed by atoms with E-state index in [1.807, 2.05) is 67.6 Å². The molecule has 0 radical (unpaired) electrons. The minimum atomic E-state index is -0.700. The first-order chi connectivity index (χ1) is 18.0. The lowest BCUT2D eigenvalue weighted by Crippen LogP contribution is -2.34. The maximum absolute atomic E-state index is 14.0. The molecular formula is C29H21N3O4S. The number of carbonyl (C=O) groups is 1. The van der Waals surface area contributed by atoms with Crippen LogP contribution in [0.25, 0.3) is 32.0 Å². The molecule has 0 atom stereocenters. The summed E-state index contributed by atoms with van der Waals surface area (Å²) in [7, 11) is 1.59. The Bertz CT molecular complexity index is 1860. The number of carbonyl (C=O) groups excluding carboxylic acids is 1. The summed E-state index contributed by atoms with van der Waals surface area (Å²) in [6.45, 7) is 2.12. The first-order valence-corrected chi connectivity index (χ1v) is 12.5. The van der Waals surface area contributed by atoms with Crippen molar-refractivity contribution >= 4 is 54.3 Å². The van der Waals surface area contributed by atoms with E-state index in [0.717, 1.165) is 21.0 Å². The van der Waals surface area contributed by atoms with Crippen molar-refractivity contribution in [3.63, 3.8) is 0 Å². The fourth-order valence-corrected chi connectivity index (χ4v) is 5.47. The molecule has 8 heteroatoms. The SMILES string of the molecule is COc1ccc(C)c2sc(N(Cc3ccccn3)C(=O)c3cc4c(ccc5ccccc54)oc3=O)nc12. The fraction of sp³-hybridized carbons (Fsp3) is 0.103. The molecule has 6 rings (SSSR count). The first kappa shape index (κ1) is 22.9. The lowest BCUT2D eigenvalue weighted by atomic mass is 10.0. The van der Waals surface area contributed by atoms with Gasteiger partial charge in [0.15, 0.2) is 5.13 Å². The van der Waals surface area contributed by atoms with E-state index < -0.39 is 11.5 Å². The highest BCUT2D eigenvalue weighted by molar-refractivity contribution is 7.22. The Morgan fingerprint density at radius 3 is 2.68 bits per heavy atom. The number of fused-ring (bicyclic) bond motifs is 4. The fourth-order valence-electron chi connectivity index (χ4n) is 4.42. The van der Waals surface area contributed by atoms with Gasteiger partial charge in [-0.3, -0.25) is 14.7 Å². The minimum absolute atomic E-state index is 0.0669. The van der Waals surface area contributed by atoms with Gasteiger partial charge >= 0.3 is 5.63 Å². The van der Waals surface area contributed by atoms with Gasteiger partial charge in [-0.25, -0.2) is 9.78 Å². The van der Waals surface area contributed by atoms with Crippen molar-refractivity contribution in [2.24, 2.45) is 0 Å². The quantitative estimate of drug-likeness (QED) is 0.207. The van der Waals surface area contributed by atoms with Crippen LogP contribution in [-0.2, 0) is 6.54 Å². The van der Waals surface area contributed by atoms with E-state index in [1.165, 1.54) is 16.2 Å². The molecule has 6 aromatic rings. The van der Waals surface area contributed by atoms with E-state index in [0.29, 0.717) is 33.1 Å². The van der Waals surface area contributed by atoms with Gasteiger partial charge in [0.2, 0.25) is 0 Å². The summed E-state index contributed by atoms with van der Waals surface area (Å²) in [5, 5.41) is 3.02. The van der Waals surface area contributed by atoms with E-state index >= 15 is 0 Å². The highest BCUT2D eigenvalue weighted by Crippen LogP contribution is 2.37. The van der Waals surface area contributed by atoms with Crippen LogP contribution in [0.5, 0.6) is 5.75 Å². The van der Waals surface area contributed by atoms with Crippen LogP contribution in [0.4, 0.5) is 5.13 Å². The van der Waals surface area contributed by atoms with Crippen molar-refractivity contribution in [1.29, 1.82) is 0 Å². The van der Waals surface area contributed by atoms with Gasteiger partial charge in [0.25, 0.3) is 5.91 Å². The van der Waals surface area contributed by atoms with Crippen molar-refractivity contribution in [3.8, 4) is 5.75 Å². The average molecular weight is 508 g/mol. The minimum Gasteiger partial charge on any atom is -0.494 e. The highest BCUT2D eigenvalue weighted by Gasteiger charge is 2.27. The van der Waals surface area contributed by atoms with Crippen LogP contribution in [0.1, 0.15) is 21.6 Å². The van der Waals surface area contributed by atoms with Crippen LogP contribution in [0, 0.1) is 6.92 Å². The number of benzene rings is 3. The molecule has 0 unspecified atom stereocenters. The van der Waals surface area contributed by atoms with Gasteiger partial charge in [0.1, 0.15) is 22.4 Å². The maximum atomic E-state index is 14.0. The number of hydrogen-bond donors (Lipinski definition) is 0. The number of thiazole rings is 1. The summed E-state index contributed by atoms with van der Waals surface area (Å²) in [4.78, 5) is 37.7. The van der Waals surface area contributed by atoms with E-state index in [2.05, 4.69) is 4.98 Å². The third kappa shape index (κ3) is 4.01. The Morgan fingerprint density at radius 1 is 1.03 bits per heavy atom. The van der Waals surface area contributed by atoms with Crippen LogP contribution < -0.4 is 15.3 Å². The van der Waals surface area contributed by atoms with Gasteiger partial charge in [-0.05, 0) is 53.6 Å². The lowest BCUT2D eigenvalue weighted by molar-refractivity contribution is 0.0981. The van der Waals surface area contributed by atoms with Crippen molar-refractivity contribution in [2.75, 3.05) is 12.0 Å². The topological polar surface area (TPSA) is 85.5 Å². The van der Waals surface area contributed by atoms with Crippen LogP contribution in [0.2, 0.25) is 0 Å². The maximum Gasteiger partial charge on any atom is 0.349 e. The lowest BCUT2D eigenvalue weighted by Gasteiger charge is -2.19. The highest BCUT2D eigenvalue weighted by atomic mass is 32.1. The second-order valence-electron chi connectivity index (χ2n) is 8.62.